The monoisotopic (exact) mass is 314 g/mol. The number of thiophene rings is 1. The molecule has 0 aliphatic heterocycles. The van der Waals surface area contributed by atoms with E-state index in [4.69, 9.17) is 0 Å². The van der Waals surface area contributed by atoms with E-state index >= 15 is 0 Å². The van der Waals surface area contributed by atoms with Crippen molar-refractivity contribution < 1.29 is 9.18 Å². The zero-order chi connectivity index (χ0) is 15.4. The first kappa shape index (κ1) is 14.3. The summed E-state index contributed by atoms with van der Waals surface area (Å²) >= 11 is 1.56. The van der Waals surface area contributed by atoms with Gasteiger partial charge in [-0.05, 0) is 17.5 Å². The van der Waals surface area contributed by atoms with Crippen LogP contribution in [0.3, 0.4) is 0 Å². The normalized spacial score (nSPS) is 10.4. The van der Waals surface area contributed by atoms with Gasteiger partial charge in [0.05, 0.1) is 29.7 Å². The van der Waals surface area contributed by atoms with Crippen LogP contribution >= 0.6 is 11.3 Å². The van der Waals surface area contributed by atoms with Crippen LogP contribution in [0.5, 0.6) is 0 Å². The molecule has 3 rings (SSSR count). The molecule has 0 atom stereocenters. The Morgan fingerprint density at radius 1 is 1.27 bits per heavy atom. The van der Waals surface area contributed by atoms with Crippen LogP contribution in [0, 0.1) is 5.82 Å². The fraction of sp³-hybridized carbons (Fsp3) is 0.0667. The minimum atomic E-state index is -0.550. The number of halogens is 1. The average molecular weight is 314 g/mol. The lowest BCUT2D eigenvalue weighted by molar-refractivity contribution is 0.0949. The van der Waals surface area contributed by atoms with E-state index in [2.05, 4.69) is 20.3 Å². The fourth-order valence-corrected chi connectivity index (χ4v) is 2.58. The molecule has 0 aliphatic rings. The molecule has 1 amide bonds. The van der Waals surface area contributed by atoms with Gasteiger partial charge >= 0.3 is 0 Å². The number of hydrogen-bond donors (Lipinski definition) is 1. The van der Waals surface area contributed by atoms with Gasteiger partial charge in [-0.1, -0.05) is 0 Å². The fourth-order valence-electron chi connectivity index (χ4n) is 1.94. The van der Waals surface area contributed by atoms with Gasteiger partial charge < -0.3 is 5.32 Å². The highest BCUT2D eigenvalue weighted by Gasteiger charge is 2.11. The van der Waals surface area contributed by atoms with Crippen molar-refractivity contribution in [3.05, 3.63) is 64.8 Å². The highest BCUT2D eigenvalue weighted by molar-refractivity contribution is 7.08. The largest absolute Gasteiger partial charge is 0.346 e. The molecule has 0 unspecified atom stereocenters. The van der Waals surface area contributed by atoms with Gasteiger partial charge in [0.15, 0.2) is 0 Å². The van der Waals surface area contributed by atoms with E-state index in [1.165, 1.54) is 6.20 Å². The first-order chi connectivity index (χ1) is 10.7. The van der Waals surface area contributed by atoms with Crippen LogP contribution in [0.2, 0.25) is 0 Å². The maximum absolute atomic E-state index is 13.1. The summed E-state index contributed by atoms with van der Waals surface area (Å²) in [7, 11) is 0. The number of pyridine rings is 1. The van der Waals surface area contributed by atoms with Crippen LogP contribution in [-0.2, 0) is 6.54 Å². The summed E-state index contributed by atoms with van der Waals surface area (Å²) in [5.74, 6) is -0.958. The lowest BCUT2D eigenvalue weighted by atomic mass is 10.2. The molecule has 7 heteroatoms. The number of nitrogens with zero attached hydrogens (tertiary/aromatic N) is 3. The molecule has 0 aromatic carbocycles. The van der Waals surface area contributed by atoms with Crippen molar-refractivity contribution in [2.75, 3.05) is 0 Å². The summed E-state index contributed by atoms with van der Waals surface area (Å²) < 4.78 is 13.1. The zero-order valence-corrected chi connectivity index (χ0v) is 12.2. The molecule has 1 N–H and O–H groups in total. The lowest BCUT2D eigenvalue weighted by Crippen LogP contribution is -2.24. The maximum atomic E-state index is 13.1. The van der Waals surface area contributed by atoms with E-state index in [1.807, 2.05) is 16.8 Å². The van der Waals surface area contributed by atoms with Crippen molar-refractivity contribution in [3.63, 3.8) is 0 Å². The van der Waals surface area contributed by atoms with Crippen LogP contribution < -0.4 is 5.32 Å². The second-order valence-electron chi connectivity index (χ2n) is 4.44. The summed E-state index contributed by atoms with van der Waals surface area (Å²) in [5.41, 5.74) is 2.50. The average Bonchev–Trinajstić information content (AvgIpc) is 3.07. The van der Waals surface area contributed by atoms with Gasteiger partial charge in [-0.15, -0.1) is 0 Å². The second kappa shape index (κ2) is 6.40. The zero-order valence-electron chi connectivity index (χ0n) is 11.4. The highest BCUT2D eigenvalue weighted by atomic mass is 32.1. The predicted molar refractivity (Wildman–Crippen MR) is 80.7 cm³/mol. The molecule has 0 fully saturated rings. The number of nitrogens with one attached hydrogen (secondary N) is 1. The van der Waals surface area contributed by atoms with Crippen molar-refractivity contribution in [3.8, 4) is 11.3 Å². The Morgan fingerprint density at radius 3 is 2.91 bits per heavy atom. The molecule has 5 nitrogen and oxygen atoms in total. The van der Waals surface area contributed by atoms with E-state index < -0.39 is 11.7 Å². The van der Waals surface area contributed by atoms with Crippen LogP contribution in [-0.4, -0.2) is 20.9 Å². The maximum Gasteiger partial charge on any atom is 0.253 e. The van der Waals surface area contributed by atoms with Gasteiger partial charge in [-0.2, -0.15) is 11.3 Å². The Morgan fingerprint density at radius 2 is 2.14 bits per heavy atom. The van der Waals surface area contributed by atoms with Gasteiger partial charge in [0.2, 0.25) is 0 Å². The molecule has 3 aromatic rings. The molecule has 0 saturated carbocycles. The summed E-state index contributed by atoms with van der Waals surface area (Å²) in [6, 6.07) is 3.08. The second-order valence-corrected chi connectivity index (χ2v) is 5.22. The quantitative estimate of drug-likeness (QED) is 0.804. The Balaban J connectivity index is 1.76. The third-order valence-electron chi connectivity index (χ3n) is 2.95. The van der Waals surface area contributed by atoms with Crippen molar-refractivity contribution in [1.82, 2.24) is 20.3 Å². The number of amides is 1. The first-order valence-electron chi connectivity index (χ1n) is 6.45. The highest BCUT2D eigenvalue weighted by Crippen LogP contribution is 2.22. The molecule has 22 heavy (non-hydrogen) atoms. The number of aromatic nitrogens is 3. The number of rotatable bonds is 4. The van der Waals surface area contributed by atoms with Crippen LogP contribution in [0.4, 0.5) is 4.39 Å². The molecule has 0 spiro atoms. The van der Waals surface area contributed by atoms with Crippen molar-refractivity contribution in [2.45, 2.75) is 6.54 Å². The molecule has 0 radical (unpaired) electrons. The van der Waals surface area contributed by atoms with Crippen molar-refractivity contribution in [1.29, 1.82) is 0 Å². The Kier molecular flexibility index (Phi) is 4.15. The van der Waals surface area contributed by atoms with Crippen molar-refractivity contribution in [2.24, 2.45) is 0 Å². The van der Waals surface area contributed by atoms with Gasteiger partial charge in [-0.25, -0.2) is 4.39 Å². The topological polar surface area (TPSA) is 67.8 Å². The van der Waals surface area contributed by atoms with E-state index in [9.17, 15) is 9.18 Å². The van der Waals surface area contributed by atoms with Gasteiger partial charge in [0.25, 0.3) is 5.91 Å². The van der Waals surface area contributed by atoms with Crippen molar-refractivity contribution >= 4 is 17.2 Å². The summed E-state index contributed by atoms with van der Waals surface area (Å²) in [6.45, 7) is 0.203. The minimum absolute atomic E-state index is 0.168. The summed E-state index contributed by atoms with van der Waals surface area (Å²) in [4.78, 5) is 24.2. The third kappa shape index (κ3) is 3.15. The summed E-state index contributed by atoms with van der Waals surface area (Å²) in [5, 5.41) is 6.61. The first-order valence-corrected chi connectivity index (χ1v) is 7.39. The Bertz CT molecular complexity index is 792. The molecular formula is C15H11FN4OS. The molecule has 0 aliphatic carbocycles. The number of hydrogen-bond acceptors (Lipinski definition) is 5. The van der Waals surface area contributed by atoms with Crippen LogP contribution in [0.1, 0.15) is 16.1 Å². The van der Waals surface area contributed by atoms with E-state index in [0.717, 1.165) is 23.5 Å². The van der Waals surface area contributed by atoms with E-state index in [1.54, 1.807) is 23.7 Å². The predicted octanol–water partition coefficient (Wildman–Crippen LogP) is 2.67. The lowest BCUT2D eigenvalue weighted by Gasteiger charge is -2.08. The van der Waals surface area contributed by atoms with Gasteiger partial charge in [0.1, 0.15) is 5.82 Å². The molecular weight excluding hydrogens is 303 g/mol. The third-order valence-corrected chi connectivity index (χ3v) is 3.64. The smallest absolute Gasteiger partial charge is 0.253 e. The number of carbonyl (C=O) groups is 1. The minimum Gasteiger partial charge on any atom is -0.346 e. The van der Waals surface area contributed by atoms with Gasteiger partial charge in [0, 0.05) is 29.5 Å². The van der Waals surface area contributed by atoms with Crippen LogP contribution in [0.25, 0.3) is 11.3 Å². The standard InChI is InChI=1S/C15H11FN4OS/c16-12-5-11(6-17-7-12)15(21)20-8-13-14(19-3-2-18-13)10-1-4-22-9-10/h1-7,9H,8H2,(H,20,21). The summed E-state index contributed by atoms with van der Waals surface area (Å²) in [6.07, 6.45) is 5.54. The Hall–Kier alpha value is -2.67. The molecule has 0 saturated heterocycles. The number of carbonyl (C=O) groups excluding carboxylic acids is 1. The SMILES string of the molecule is O=C(NCc1nccnc1-c1ccsc1)c1cncc(F)c1. The van der Waals surface area contributed by atoms with E-state index in [-0.39, 0.29) is 12.1 Å². The molecule has 110 valence electrons. The molecule has 3 aromatic heterocycles. The molecule has 0 bridgehead atoms. The van der Waals surface area contributed by atoms with Gasteiger partial charge in [-0.3, -0.25) is 19.7 Å². The Labute approximate surface area is 129 Å². The van der Waals surface area contributed by atoms with Crippen LogP contribution in [0.15, 0.2) is 47.7 Å². The van der Waals surface area contributed by atoms with E-state index in [0.29, 0.717) is 5.69 Å². The molecule has 3 heterocycles.